The highest BCUT2D eigenvalue weighted by molar-refractivity contribution is 5.77. The predicted molar refractivity (Wildman–Crippen MR) is 77.7 cm³/mol. The van der Waals surface area contributed by atoms with E-state index in [9.17, 15) is 4.79 Å². The molecule has 1 aromatic heterocycles. The van der Waals surface area contributed by atoms with Crippen LogP contribution in [-0.4, -0.2) is 29.3 Å². The van der Waals surface area contributed by atoms with Gasteiger partial charge in [0, 0.05) is 31.6 Å². The van der Waals surface area contributed by atoms with E-state index in [0.717, 1.165) is 5.52 Å². The first-order chi connectivity index (χ1) is 9.76. The fraction of sp³-hybridized carbons (Fsp3) is 0.467. The van der Waals surface area contributed by atoms with Crippen LogP contribution in [0.25, 0.3) is 10.9 Å². The van der Waals surface area contributed by atoms with Gasteiger partial charge < -0.3 is 9.47 Å². The Kier molecular flexibility index (Phi) is 5.26. The van der Waals surface area contributed by atoms with Gasteiger partial charge in [0.25, 0.3) is 0 Å². The van der Waals surface area contributed by atoms with Crippen LogP contribution in [0.2, 0.25) is 0 Å². The summed E-state index contributed by atoms with van der Waals surface area (Å²) in [6, 6.07) is 7.48. The molecule has 1 aromatic carbocycles. The second-order valence-corrected chi connectivity index (χ2v) is 4.38. The number of hydrogen-bond acceptors (Lipinski definition) is 4. The molecule has 0 atom stereocenters. The molecular formula is C15H20N2O3. The molecule has 0 spiro atoms. The van der Waals surface area contributed by atoms with Gasteiger partial charge in [-0.05, 0) is 26.0 Å². The minimum absolute atomic E-state index is 0.0528. The highest BCUT2D eigenvalue weighted by Gasteiger charge is 2.10. The lowest BCUT2D eigenvalue weighted by molar-refractivity contribution is -0.141. The Hall–Kier alpha value is -1.72. The Bertz CT molecular complexity index is 603. The smallest absolute Gasteiger partial charge is 0.207 e. The molecule has 5 nitrogen and oxygen atoms in total. The summed E-state index contributed by atoms with van der Waals surface area (Å²) in [6.45, 7) is 5.76. The third-order valence-electron chi connectivity index (χ3n) is 3.04. The van der Waals surface area contributed by atoms with Crippen LogP contribution >= 0.6 is 0 Å². The van der Waals surface area contributed by atoms with E-state index in [4.69, 9.17) is 9.47 Å². The van der Waals surface area contributed by atoms with E-state index >= 15 is 0 Å². The van der Waals surface area contributed by atoms with Crippen LogP contribution < -0.4 is 5.43 Å². The summed E-state index contributed by atoms with van der Waals surface area (Å²) < 4.78 is 12.9. The van der Waals surface area contributed by atoms with Gasteiger partial charge in [-0.2, -0.15) is 5.10 Å². The number of nitrogens with zero attached hydrogens (tertiary/aromatic N) is 2. The normalized spacial score (nSPS) is 11.3. The summed E-state index contributed by atoms with van der Waals surface area (Å²) in [5.74, 6) is 0. The fourth-order valence-electron chi connectivity index (χ4n) is 2.15. The molecule has 0 aliphatic carbocycles. The SMILES string of the molecule is CCOC(CCn1ncc(=O)c2ccccc21)OCC. The lowest BCUT2D eigenvalue weighted by Gasteiger charge is -2.17. The van der Waals surface area contributed by atoms with Gasteiger partial charge in [-0.1, -0.05) is 12.1 Å². The van der Waals surface area contributed by atoms with Crippen molar-refractivity contribution >= 4 is 10.9 Å². The quantitative estimate of drug-likeness (QED) is 0.727. The molecule has 0 unspecified atom stereocenters. The van der Waals surface area contributed by atoms with E-state index in [2.05, 4.69) is 5.10 Å². The molecule has 0 saturated carbocycles. The van der Waals surface area contributed by atoms with Crippen molar-refractivity contribution in [1.82, 2.24) is 9.78 Å². The highest BCUT2D eigenvalue weighted by Crippen LogP contribution is 2.10. The molecular weight excluding hydrogens is 256 g/mol. The van der Waals surface area contributed by atoms with Crippen LogP contribution in [0.5, 0.6) is 0 Å². The summed E-state index contributed by atoms with van der Waals surface area (Å²) in [6.07, 6.45) is 1.82. The Balaban J connectivity index is 2.17. The van der Waals surface area contributed by atoms with Crippen LogP contribution in [0.3, 0.4) is 0 Å². The fourth-order valence-corrected chi connectivity index (χ4v) is 2.15. The first kappa shape index (κ1) is 14.7. The predicted octanol–water partition coefficient (Wildman–Crippen LogP) is 2.19. The first-order valence-electron chi connectivity index (χ1n) is 6.94. The van der Waals surface area contributed by atoms with Crippen molar-refractivity contribution in [2.24, 2.45) is 0 Å². The van der Waals surface area contributed by atoms with E-state index in [0.29, 0.717) is 31.6 Å². The van der Waals surface area contributed by atoms with E-state index < -0.39 is 0 Å². The molecule has 5 heteroatoms. The summed E-state index contributed by atoms with van der Waals surface area (Å²) in [5, 5.41) is 4.88. The van der Waals surface area contributed by atoms with Crippen molar-refractivity contribution < 1.29 is 9.47 Å². The Morgan fingerprint density at radius 2 is 1.90 bits per heavy atom. The van der Waals surface area contributed by atoms with Crippen molar-refractivity contribution in [2.45, 2.75) is 33.1 Å². The molecule has 0 N–H and O–H groups in total. The second kappa shape index (κ2) is 7.17. The van der Waals surface area contributed by atoms with Crippen LogP contribution in [0.1, 0.15) is 20.3 Å². The number of benzene rings is 1. The zero-order valence-electron chi connectivity index (χ0n) is 11.9. The van der Waals surface area contributed by atoms with Crippen molar-refractivity contribution in [3.8, 4) is 0 Å². The Morgan fingerprint density at radius 1 is 1.20 bits per heavy atom. The van der Waals surface area contributed by atoms with Crippen LogP contribution in [-0.2, 0) is 16.0 Å². The minimum atomic E-state index is -0.231. The molecule has 20 heavy (non-hydrogen) atoms. The number of ether oxygens (including phenoxy) is 2. The summed E-state index contributed by atoms with van der Waals surface area (Å²) >= 11 is 0. The maximum absolute atomic E-state index is 11.7. The summed E-state index contributed by atoms with van der Waals surface area (Å²) in [4.78, 5) is 11.7. The highest BCUT2D eigenvalue weighted by atomic mass is 16.7. The molecule has 0 aliphatic heterocycles. The minimum Gasteiger partial charge on any atom is -0.353 e. The molecule has 0 radical (unpaired) electrons. The van der Waals surface area contributed by atoms with Gasteiger partial charge >= 0.3 is 0 Å². The number of para-hydroxylation sites is 1. The average Bonchev–Trinajstić information content (AvgIpc) is 2.47. The monoisotopic (exact) mass is 276 g/mol. The molecule has 2 aromatic rings. The molecule has 1 heterocycles. The molecule has 0 saturated heterocycles. The Labute approximate surface area is 118 Å². The maximum Gasteiger partial charge on any atom is 0.207 e. The maximum atomic E-state index is 11.7. The number of aromatic nitrogens is 2. The van der Waals surface area contributed by atoms with Crippen LogP contribution in [0.4, 0.5) is 0 Å². The molecule has 0 bridgehead atoms. The van der Waals surface area contributed by atoms with Crippen LogP contribution in [0.15, 0.2) is 35.3 Å². The lowest BCUT2D eigenvalue weighted by Crippen LogP contribution is -2.21. The third-order valence-corrected chi connectivity index (χ3v) is 3.04. The van der Waals surface area contributed by atoms with Crippen LogP contribution in [0, 0.1) is 0 Å². The van der Waals surface area contributed by atoms with E-state index in [1.54, 1.807) is 0 Å². The van der Waals surface area contributed by atoms with E-state index in [-0.39, 0.29) is 11.7 Å². The van der Waals surface area contributed by atoms with E-state index in [1.807, 2.05) is 42.8 Å². The van der Waals surface area contributed by atoms with Crippen molar-refractivity contribution in [2.75, 3.05) is 13.2 Å². The third kappa shape index (κ3) is 3.43. The van der Waals surface area contributed by atoms with Gasteiger partial charge in [0.2, 0.25) is 5.43 Å². The second-order valence-electron chi connectivity index (χ2n) is 4.38. The molecule has 0 aliphatic rings. The molecule has 0 amide bonds. The summed E-state index contributed by atoms with van der Waals surface area (Å²) in [5.41, 5.74) is 0.787. The zero-order chi connectivity index (χ0) is 14.4. The van der Waals surface area contributed by atoms with Gasteiger partial charge in [-0.25, -0.2) is 0 Å². The largest absolute Gasteiger partial charge is 0.353 e. The van der Waals surface area contributed by atoms with Gasteiger partial charge in [0.15, 0.2) is 6.29 Å². The number of fused-ring (bicyclic) bond motifs is 1. The molecule has 2 rings (SSSR count). The number of rotatable bonds is 7. The topological polar surface area (TPSA) is 53.4 Å². The first-order valence-corrected chi connectivity index (χ1v) is 6.94. The average molecular weight is 276 g/mol. The van der Waals surface area contributed by atoms with Crippen molar-refractivity contribution in [3.05, 3.63) is 40.7 Å². The summed E-state index contributed by atoms with van der Waals surface area (Å²) in [7, 11) is 0. The van der Waals surface area contributed by atoms with Crippen molar-refractivity contribution in [1.29, 1.82) is 0 Å². The van der Waals surface area contributed by atoms with Gasteiger partial charge in [0.05, 0.1) is 11.7 Å². The van der Waals surface area contributed by atoms with Crippen molar-refractivity contribution in [3.63, 3.8) is 0 Å². The van der Waals surface area contributed by atoms with E-state index in [1.165, 1.54) is 6.20 Å². The number of aryl methyl sites for hydroxylation is 1. The van der Waals surface area contributed by atoms with Gasteiger partial charge in [-0.3, -0.25) is 9.48 Å². The standard InChI is InChI=1S/C15H20N2O3/c1-3-19-15(20-4-2)9-10-17-13-8-6-5-7-12(13)14(18)11-16-17/h5-8,11,15H,3-4,9-10H2,1-2H3. The van der Waals surface area contributed by atoms with Gasteiger partial charge in [0.1, 0.15) is 0 Å². The zero-order valence-corrected chi connectivity index (χ0v) is 11.9. The van der Waals surface area contributed by atoms with Gasteiger partial charge in [-0.15, -0.1) is 0 Å². The molecule has 108 valence electrons. The Morgan fingerprint density at radius 3 is 2.60 bits per heavy atom. The lowest BCUT2D eigenvalue weighted by atomic mass is 10.2. The molecule has 0 fully saturated rings. The number of hydrogen-bond donors (Lipinski definition) is 0.